The second kappa shape index (κ2) is 10.5. The van der Waals surface area contributed by atoms with Crippen LogP contribution in [0.3, 0.4) is 0 Å². The molecule has 174 valence electrons. The van der Waals surface area contributed by atoms with Crippen LogP contribution in [0.5, 0.6) is 0 Å². The summed E-state index contributed by atoms with van der Waals surface area (Å²) in [5, 5.41) is 2.46. The molecule has 4 aromatic rings. The number of halogens is 1. The summed E-state index contributed by atoms with van der Waals surface area (Å²) < 4.78 is 4.03. The second-order valence-electron chi connectivity index (χ2n) is 8.85. The molecule has 0 N–H and O–H groups in total. The van der Waals surface area contributed by atoms with E-state index in [2.05, 4.69) is 49.4 Å². The van der Waals surface area contributed by atoms with Crippen LogP contribution in [-0.2, 0) is 19.5 Å². The van der Waals surface area contributed by atoms with Gasteiger partial charge in [-0.1, -0.05) is 86.5 Å². The van der Waals surface area contributed by atoms with Crippen molar-refractivity contribution in [2.24, 2.45) is 0 Å². The summed E-state index contributed by atoms with van der Waals surface area (Å²) >= 11 is 0. The van der Waals surface area contributed by atoms with Gasteiger partial charge in [-0.05, 0) is 29.2 Å². The van der Waals surface area contributed by atoms with Crippen LogP contribution < -0.4 is 21.5 Å². The van der Waals surface area contributed by atoms with Crippen LogP contribution >= 0.6 is 0 Å². The maximum atomic E-state index is 13.5. The van der Waals surface area contributed by atoms with Crippen LogP contribution in [-0.4, -0.2) is 16.1 Å². The van der Waals surface area contributed by atoms with Crippen LogP contribution in [0.15, 0.2) is 73.1 Å². The van der Waals surface area contributed by atoms with Gasteiger partial charge in [-0.3, -0.25) is 9.59 Å². The normalized spacial score (nSPS) is 12.4. The van der Waals surface area contributed by atoms with Crippen LogP contribution in [0.25, 0.3) is 10.8 Å². The first-order valence-electron chi connectivity index (χ1n) is 12.0. The summed E-state index contributed by atoms with van der Waals surface area (Å²) in [4.78, 5) is 26.9. The molecular formula is C29H29BrN2O2. The summed E-state index contributed by atoms with van der Waals surface area (Å²) in [7, 11) is 0. The highest BCUT2D eigenvalue weighted by atomic mass is 79.9. The van der Waals surface area contributed by atoms with E-state index in [0.29, 0.717) is 29.1 Å². The minimum Gasteiger partial charge on any atom is -1.00 e. The Morgan fingerprint density at radius 1 is 0.794 bits per heavy atom. The number of rotatable bonds is 8. The zero-order valence-electron chi connectivity index (χ0n) is 19.5. The van der Waals surface area contributed by atoms with Gasteiger partial charge in [0.05, 0.1) is 13.1 Å². The fourth-order valence-corrected chi connectivity index (χ4v) is 4.97. The number of nitrogens with zero attached hydrogens (tertiary/aromatic N) is 2. The standard InChI is InChI=1S/C29H29N2O2.BrH/c1-2-3-4-9-18-30-20-31(19-17-22-13-10-12-21-11-5-6-14-23(21)22)27-26(30)28(32)24-15-7-8-16-25(24)29(27)33;/h5-8,10-16,20H,2-4,9,17-19H2,1H3;1H/q+1;/p-1. The van der Waals surface area contributed by atoms with Crippen molar-refractivity contribution in [3.63, 3.8) is 0 Å². The first-order valence-corrected chi connectivity index (χ1v) is 12.0. The molecule has 5 heteroatoms. The molecule has 0 saturated heterocycles. The number of carbonyl (C=O) groups is 2. The molecule has 0 atom stereocenters. The first-order chi connectivity index (χ1) is 16.2. The Morgan fingerprint density at radius 3 is 2.29 bits per heavy atom. The quantitative estimate of drug-likeness (QED) is 0.235. The second-order valence-corrected chi connectivity index (χ2v) is 8.85. The Kier molecular flexibility index (Phi) is 7.42. The van der Waals surface area contributed by atoms with Gasteiger partial charge in [-0.15, -0.1) is 0 Å². The molecule has 1 aromatic heterocycles. The average Bonchev–Trinajstić information content (AvgIpc) is 3.22. The van der Waals surface area contributed by atoms with E-state index < -0.39 is 0 Å². The fourth-order valence-electron chi connectivity index (χ4n) is 4.97. The maximum absolute atomic E-state index is 13.5. The number of hydrogen-bond acceptors (Lipinski definition) is 2. The van der Waals surface area contributed by atoms with Crippen molar-refractivity contribution in [3.05, 3.63) is 101 Å². The minimum absolute atomic E-state index is 0. The van der Waals surface area contributed by atoms with Gasteiger partial charge in [0, 0.05) is 17.5 Å². The predicted molar refractivity (Wildman–Crippen MR) is 130 cm³/mol. The topological polar surface area (TPSA) is 43.0 Å². The number of benzene rings is 3. The third-order valence-corrected chi connectivity index (χ3v) is 6.68. The zero-order chi connectivity index (χ0) is 22.8. The van der Waals surface area contributed by atoms with E-state index in [1.165, 1.54) is 29.2 Å². The largest absolute Gasteiger partial charge is 1.00 e. The minimum atomic E-state index is -0.0505. The van der Waals surface area contributed by atoms with Crippen molar-refractivity contribution in [1.82, 2.24) is 4.57 Å². The Hall–Kier alpha value is -3.05. The molecule has 4 nitrogen and oxygen atoms in total. The monoisotopic (exact) mass is 516 g/mol. The Bertz CT molecular complexity index is 1350. The van der Waals surface area contributed by atoms with Gasteiger partial charge in [-0.2, -0.15) is 0 Å². The fraction of sp³-hybridized carbons (Fsp3) is 0.276. The van der Waals surface area contributed by atoms with Crippen molar-refractivity contribution >= 4 is 22.3 Å². The maximum Gasteiger partial charge on any atom is 0.244 e. The lowest BCUT2D eigenvalue weighted by molar-refractivity contribution is -0.698. The highest BCUT2D eigenvalue weighted by Gasteiger charge is 2.40. The number of carbonyl (C=O) groups excluding carboxylic acids is 2. The van der Waals surface area contributed by atoms with Gasteiger partial charge in [-0.25, -0.2) is 9.13 Å². The molecule has 0 bridgehead atoms. The molecule has 0 spiro atoms. The average molecular weight is 517 g/mol. The molecule has 0 aliphatic heterocycles. The Balaban J connectivity index is 0.00000274. The molecule has 0 unspecified atom stereocenters. The molecule has 1 aliphatic rings. The molecule has 0 saturated carbocycles. The van der Waals surface area contributed by atoms with Crippen molar-refractivity contribution in [3.8, 4) is 0 Å². The van der Waals surface area contributed by atoms with Crippen LogP contribution in [0.2, 0.25) is 0 Å². The smallest absolute Gasteiger partial charge is 0.244 e. The molecule has 0 amide bonds. The highest BCUT2D eigenvalue weighted by molar-refractivity contribution is 6.26. The van der Waals surface area contributed by atoms with E-state index in [4.69, 9.17) is 0 Å². The predicted octanol–water partition coefficient (Wildman–Crippen LogP) is 2.53. The van der Waals surface area contributed by atoms with E-state index in [-0.39, 0.29) is 28.5 Å². The van der Waals surface area contributed by atoms with Crippen molar-refractivity contribution in [1.29, 1.82) is 0 Å². The third-order valence-electron chi connectivity index (χ3n) is 6.68. The van der Waals surface area contributed by atoms with Crippen LogP contribution in [0.4, 0.5) is 0 Å². The lowest BCUT2D eigenvalue weighted by Gasteiger charge is -2.13. The van der Waals surface area contributed by atoms with Gasteiger partial charge < -0.3 is 17.0 Å². The zero-order valence-corrected chi connectivity index (χ0v) is 21.1. The summed E-state index contributed by atoms with van der Waals surface area (Å²) in [6.07, 6.45) is 7.25. The summed E-state index contributed by atoms with van der Waals surface area (Å²) in [5.74, 6) is -0.0926. The van der Waals surface area contributed by atoms with Crippen molar-refractivity contribution in [2.45, 2.75) is 52.1 Å². The molecule has 5 rings (SSSR count). The van der Waals surface area contributed by atoms with E-state index in [1.807, 2.05) is 27.6 Å². The molecule has 0 fully saturated rings. The van der Waals surface area contributed by atoms with Crippen molar-refractivity contribution in [2.75, 3.05) is 0 Å². The number of unbranched alkanes of at least 4 members (excludes halogenated alkanes) is 3. The number of imidazole rings is 1. The third kappa shape index (κ3) is 4.37. The van der Waals surface area contributed by atoms with Gasteiger partial charge >= 0.3 is 0 Å². The van der Waals surface area contributed by atoms with Gasteiger partial charge in [0.1, 0.15) is 0 Å². The van der Waals surface area contributed by atoms with E-state index in [9.17, 15) is 9.59 Å². The summed E-state index contributed by atoms with van der Waals surface area (Å²) in [6.45, 7) is 3.60. The number of fused-ring (bicyclic) bond motifs is 3. The van der Waals surface area contributed by atoms with E-state index in [1.54, 1.807) is 12.1 Å². The van der Waals surface area contributed by atoms with Crippen molar-refractivity contribution < 1.29 is 31.1 Å². The summed E-state index contributed by atoms with van der Waals surface area (Å²) in [5.41, 5.74) is 3.37. The van der Waals surface area contributed by atoms with Crippen LogP contribution in [0, 0.1) is 0 Å². The first kappa shape index (κ1) is 24.1. The van der Waals surface area contributed by atoms with E-state index in [0.717, 1.165) is 25.8 Å². The number of ketones is 2. The SMILES string of the molecule is CCCCCC[n+]1cn(CCc2cccc3ccccc23)c2c1C(=O)c1ccccc1C2=O.[Br-]. The lowest BCUT2D eigenvalue weighted by atomic mass is 9.89. The molecule has 1 heterocycles. The number of hydrogen-bond donors (Lipinski definition) is 0. The molecule has 0 radical (unpaired) electrons. The van der Waals surface area contributed by atoms with E-state index >= 15 is 0 Å². The number of aryl methyl sites for hydroxylation is 3. The molecule has 34 heavy (non-hydrogen) atoms. The Labute approximate surface area is 211 Å². The van der Waals surface area contributed by atoms with Gasteiger partial charge in [0.2, 0.25) is 29.3 Å². The van der Waals surface area contributed by atoms with Gasteiger partial charge in [0.15, 0.2) is 0 Å². The molecular weight excluding hydrogens is 488 g/mol. The molecule has 3 aromatic carbocycles. The lowest BCUT2D eigenvalue weighted by Crippen LogP contribution is -3.00. The van der Waals surface area contributed by atoms with Crippen LogP contribution in [0.1, 0.15) is 70.3 Å². The number of aromatic nitrogens is 2. The Morgan fingerprint density at radius 2 is 1.50 bits per heavy atom. The van der Waals surface area contributed by atoms with Gasteiger partial charge in [0.25, 0.3) is 0 Å². The highest BCUT2D eigenvalue weighted by Crippen LogP contribution is 2.27. The summed E-state index contributed by atoms with van der Waals surface area (Å²) in [6, 6.07) is 22.0. The molecule has 1 aliphatic carbocycles.